The topological polar surface area (TPSA) is 62.3 Å². The monoisotopic (exact) mass is 261 g/mol. The molecule has 1 heterocycles. The van der Waals surface area contributed by atoms with Crippen LogP contribution in [0.3, 0.4) is 0 Å². The smallest absolute Gasteiger partial charge is 0.118 e. The number of ether oxygens (including phenoxy) is 1. The average molecular weight is 261 g/mol. The minimum atomic E-state index is 0.303. The van der Waals surface area contributed by atoms with E-state index in [4.69, 9.17) is 15.9 Å². The van der Waals surface area contributed by atoms with Gasteiger partial charge in [0.15, 0.2) is 0 Å². The van der Waals surface area contributed by atoms with Gasteiger partial charge in [-0.1, -0.05) is 12.1 Å². The van der Waals surface area contributed by atoms with Crippen LogP contribution in [0.2, 0.25) is 0 Å². The number of hydrogen-bond acceptors (Lipinski definition) is 3. The first-order valence-electron chi connectivity index (χ1n) is 6.88. The fourth-order valence-corrected chi connectivity index (χ4v) is 2.55. The summed E-state index contributed by atoms with van der Waals surface area (Å²) in [6, 6.07) is 8.27. The Labute approximate surface area is 115 Å². The second kappa shape index (κ2) is 6.57. The number of rotatable bonds is 5. The summed E-state index contributed by atoms with van der Waals surface area (Å²) < 4.78 is 5.16. The molecule has 0 amide bonds. The highest BCUT2D eigenvalue weighted by Crippen LogP contribution is 2.17. The molecule has 1 fully saturated rings. The average Bonchev–Trinajstić information content (AvgIpc) is 2.46. The normalized spacial score (nSPS) is 17.3. The van der Waals surface area contributed by atoms with Crippen LogP contribution in [-0.2, 0) is 6.42 Å². The molecule has 1 aliphatic rings. The predicted octanol–water partition coefficient (Wildman–Crippen LogP) is 1.89. The first-order valence-corrected chi connectivity index (χ1v) is 6.88. The lowest BCUT2D eigenvalue weighted by molar-refractivity contribution is 0.211. The van der Waals surface area contributed by atoms with Crippen molar-refractivity contribution in [3.05, 3.63) is 29.8 Å². The Morgan fingerprint density at radius 3 is 2.47 bits per heavy atom. The van der Waals surface area contributed by atoms with Crippen molar-refractivity contribution >= 4 is 5.84 Å². The SMILES string of the molecule is COc1ccc(CCN2CCC(C(=N)N)CC2)cc1. The summed E-state index contributed by atoms with van der Waals surface area (Å²) in [5, 5.41) is 7.48. The Hall–Kier alpha value is -1.55. The molecule has 4 nitrogen and oxygen atoms in total. The molecule has 19 heavy (non-hydrogen) atoms. The second-order valence-electron chi connectivity index (χ2n) is 5.17. The summed E-state index contributed by atoms with van der Waals surface area (Å²) in [6.45, 7) is 3.19. The molecular weight excluding hydrogens is 238 g/mol. The van der Waals surface area contributed by atoms with Crippen molar-refractivity contribution in [2.24, 2.45) is 11.7 Å². The molecule has 0 radical (unpaired) electrons. The quantitative estimate of drug-likeness (QED) is 0.628. The summed E-state index contributed by atoms with van der Waals surface area (Å²) >= 11 is 0. The molecule has 0 bridgehead atoms. The zero-order valence-electron chi connectivity index (χ0n) is 11.6. The molecule has 104 valence electrons. The van der Waals surface area contributed by atoms with Crippen molar-refractivity contribution in [1.29, 1.82) is 5.41 Å². The van der Waals surface area contributed by atoms with Gasteiger partial charge in [-0.3, -0.25) is 5.41 Å². The third-order valence-corrected chi connectivity index (χ3v) is 3.90. The van der Waals surface area contributed by atoms with E-state index in [9.17, 15) is 0 Å². The van der Waals surface area contributed by atoms with E-state index in [1.54, 1.807) is 7.11 Å². The van der Waals surface area contributed by atoms with Crippen molar-refractivity contribution in [3.63, 3.8) is 0 Å². The van der Waals surface area contributed by atoms with E-state index in [1.165, 1.54) is 5.56 Å². The van der Waals surface area contributed by atoms with Gasteiger partial charge in [0.1, 0.15) is 5.75 Å². The van der Waals surface area contributed by atoms with E-state index in [0.29, 0.717) is 11.8 Å². The first kappa shape index (κ1) is 13.9. The molecule has 1 aromatic rings. The third kappa shape index (κ3) is 3.96. The number of nitrogens with zero attached hydrogens (tertiary/aromatic N) is 1. The van der Waals surface area contributed by atoms with Crippen LogP contribution in [0.5, 0.6) is 5.75 Å². The van der Waals surface area contributed by atoms with Gasteiger partial charge in [0.25, 0.3) is 0 Å². The van der Waals surface area contributed by atoms with Crippen LogP contribution in [-0.4, -0.2) is 37.5 Å². The largest absolute Gasteiger partial charge is 0.497 e. The molecule has 3 N–H and O–H groups in total. The number of benzene rings is 1. The zero-order chi connectivity index (χ0) is 13.7. The molecule has 1 aromatic carbocycles. The van der Waals surface area contributed by atoms with E-state index in [2.05, 4.69) is 17.0 Å². The van der Waals surface area contributed by atoms with E-state index >= 15 is 0 Å². The number of amidine groups is 1. The lowest BCUT2D eigenvalue weighted by atomic mass is 9.95. The zero-order valence-corrected chi connectivity index (χ0v) is 11.6. The van der Waals surface area contributed by atoms with Crippen LogP contribution in [0.4, 0.5) is 0 Å². The number of methoxy groups -OCH3 is 1. The van der Waals surface area contributed by atoms with E-state index < -0.39 is 0 Å². The molecular formula is C15H23N3O. The van der Waals surface area contributed by atoms with Gasteiger partial charge in [-0.25, -0.2) is 0 Å². The van der Waals surface area contributed by atoms with Crippen molar-refractivity contribution in [2.45, 2.75) is 19.3 Å². The lowest BCUT2D eigenvalue weighted by Gasteiger charge is -2.31. The molecule has 1 aliphatic heterocycles. The Balaban J connectivity index is 1.75. The summed E-state index contributed by atoms with van der Waals surface area (Å²) in [7, 11) is 1.69. The molecule has 0 unspecified atom stereocenters. The predicted molar refractivity (Wildman–Crippen MR) is 77.8 cm³/mol. The van der Waals surface area contributed by atoms with Gasteiger partial charge in [-0.2, -0.15) is 0 Å². The molecule has 4 heteroatoms. The Bertz CT molecular complexity index is 408. The summed E-state index contributed by atoms with van der Waals surface area (Å²) in [6.07, 6.45) is 3.12. The van der Waals surface area contributed by atoms with Crippen LogP contribution in [0.25, 0.3) is 0 Å². The highest BCUT2D eigenvalue weighted by atomic mass is 16.5. The summed E-state index contributed by atoms with van der Waals surface area (Å²) in [5.74, 6) is 1.57. The standard InChI is InChI=1S/C15H23N3O/c1-19-14-4-2-12(3-5-14)6-9-18-10-7-13(8-11-18)15(16)17/h2-5,13H,6-11H2,1H3,(H3,16,17). The van der Waals surface area contributed by atoms with Crippen molar-refractivity contribution in [2.75, 3.05) is 26.7 Å². The van der Waals surface area contributed by atoms with Gasteiger partial charge < -0.3 is 15.4 Å². The lowest BCUT2D eigenvalue weighted by Crippen LogP contribution is -2.39. The molecule has 0 spiro atoms. The molecule has 0 saturated carbocycles. The van der Waals surface area contributed by atoms with E-state index in [0.717, 1.165) is 44.6 Å². The van der Waals surface area contributed by atoms with Gasteiger partial charge in [0, 0.05) is 12.5 Å². The maximum atomic E-state index is 7.48. The van der Waals surface area contributed by atoms with E-state index in [-0.39, 0.29) is 0 Å². The number of likely N-dealkylation sites (tertiary alicyclic amines) is 1. The Kier molecular flexibility index (Phi) is 4.80. The number of nitrogens with two attached hydrogens (primary N) is 1. The first-order chi connectivity index (χ1) is 9.19. The number of nitrogens with one attached hydrogen (secondary N) is 1. The van der Waals surface area contributed by atoms with Crippen LogP contribution >= 0.6 is 0 Å². The molecule has 1 saturated heterocycles. The van der Waals surface area contributed by atoms with Crippen LogP contribution < -0.4 is 10.5 Å². The minimum Gasteiger partial charge on any atom is -0.497 e. The molecule has 2 rings (SSSR count). The number of hydrogen-bond donors (Lipinski definition) is 2. The maximum Gasteiger partial charge on any atom is 0.118 e. The molecule has 0 atom stereocenters. The van der Waals surface area contributed by atoms with Gasteiger partial charge in [-0.15, -0.1) is 0 Å². The number of piperidine rings is 1. The minimum absolute atomic E-state index is 0.303. The van der Waals surface area contributed by atoms with Gasteiger partial charge in [0.05, 0.1) is 12.9 Å². The Morgan fingerprint density at radius 2 is 1.95 bits per heavy atom. The highest BCUT2D eigenvalue weighted by molar-refractivity contribution is 5.79. The molecule has 0 aliphatic carbocycles. The summed E-state index contributed by atoms with van der Waals surface area (Å²) in [4.78, 5) is 2.46. The van der Waals surface area contributed by atoms with Gasteiger partial charge in [-0.05, 0) is 50.0 Å². The fourth-order valence-electron chi connectivity index (χ4n) is 2.55. The van der Waals surface area contributed by atoms with Crippen LogP contribution in [0.15, 0.2) is 24.3 Å². The van der Waals surface area contributed by atoms with Crippen molar-refractivity contribution < 1.29 is 4.74 Å². The van der Waals surface area contributed by atoms with Crippen molar-refractivity contribution in [3.8, 4) is 5.75 Å². The van der Waals surface area contributed by atoms with Crippen LogP contribution in [0, 0.1) is 11.3 Å². The third-order valence-electron chi connectivity index (χ3n) is 3.90. The Morgan fingerprint density at radius 1 is 1.32 bits per heavy atom. The van der Waals surface area contributed by atoms with Gasteiger partial charge >= 0.3 is 0 Å². The maximum absolute atomic E-state index is 7.48. The fraction of sp³-hybridized carbons (Fsp3) is 0.533. The van der Waals surface area contributed by atoms with Crippen molar-refractivity contribution in [1.82, 2.24) is 4.90 Å². The van der Waals surface area contributed by atoms with Crippen LogP contribution in [0.1, 0.15) is 18.4 Å². The van der Waals surface area contributed by atoms with E-state index in [1.807, 2.05) is 12.1 Å². The summed E-state index contributed by atoms with van der Waals surface area (Å²) in [5.41, 5.74) is 6.90. The highest BCUT2D eigenvalue weighted by Gasteiger charge is 2.20. The van der Waals surface area contributed by atoms with Gasteiger partial charge in [0.2, 0.25) is 0 Å². The molecule has 0 aromatic heterocycles. The second-order valence-corrected chi connectivity index (χ2v) is 5.17.